The van der Waals surface area contributed by atoms with E-state index in [9.17, 15) is 4.79 Å². The van der Waals surface area contributed by atoms with E-state index in [0.29, 0.717) is 6.04 Å². The number of piperidine rings is 1. The monoisotopic (exact) mass is 299 g/mol. The molecule has 1 saturated heterocycles. The van der Waals surface area contributed by atoms with Crippen LogP contribution in [0, 0.1) is 6.92 Å². The molecule has 0 saturated carbocycles. The molecule has 0 unspecified atom stereocenters. The summed E-state index contributed by atoms with van der Waals surface area (Å²) in [5.41, 5.74) is 4.46. The zero-order chi connectivity index (χ0) is 15.1. The third-order valence-corrected chi connectivity index (χ3v) is 4.87. The standard InChI is InChI=1S/C16H21N5O/c1-11-6-17-9-14(11)16(22)20-4-2-13(3-5-20)21-15-10-18-7-12(15)8-19-21/h6,8-9,13,17-18H,2-5,7,10H2,1H3. The minimum Gasteiger partial charge on any atom is -0.367 e. The molecule has 2 aliphatic heterocycles. The topological polar surface area (TPSA) is 66.0 Å². The number of carbonyl (C=O) groups is 1. The highest BCUT2D eigenvalue weighted by Crippen LogP contribution is 2.27. The largest absolute Gasteiger partial charge is 0.367 e. The summed E-state index contributed by atoms with van der Waals surface area (Å²) < 4.78 is 2.18. The van der Waals surface area contributed by atoms with E-state index in [-0.39, 0.29) is 5.91 Å². The van der Waals surface area contributed by atoms with E-state index >= 15 is 0 Å². The quantitative estimate of drug-likeness (QED) is 0.885. The maximum atomic E-state index is 12.5. The van der Waals surface area contributed by atoms with Gasteiger partial charge in [-0.3, -0.25) is 9.48 Å². The summed E-state index contributed by atoms with van der Waals surface area (Å²) >= 11 is 0. The van der Waals surface area contributed by atoms with Crippen molar-refractivity contribution in [2.45, 2.75) is 38.9 Å². The molecule has 1 amide bonds. The lowest BCUT2D eigenvalue weighted by atomic mass is 10.0. The number of nitrogens with zero attached hydrogens (tertiary/aromatic N) is 3. The van der Waals surface area contributed by atoms with Crippen LogP contribution >= 0.6 is 0 Å². The number of nitrogens with one attached hydrogen (secondary N) is 2. The van der Waals surface area contributed by atoms with Crippen molar-refractivity contribution in [1.29, 1.82) is 0 Å². The van der Waals surface area contributed by atoms with Crippen LogP contribution in [0.15, 0.2) is 18.6 Å². The molecule has 4 rings (SSSR count). The molecule has 22 heavy (non-hydrogen) atoms. The first-order chi connectivity index (χ1) is 10.7. The molecule has 2 aromatic rings. The highest BCUT2D eigenvalue weighted by Gasteiger charge is 2.28. The summed E-state index contributed by atoms with van der Waals surface area (Å²) in [6.45, 7) is 5.42. The number of H-pyrrole nitrogens is 1. The van der Waals surface area contributed by atoms with Gasteiger partial charge in [-0.05, 0) is 25.3 Å². The summed E-state index contributed by atoms with van der Waals surface area (Å²) in [4.78, 5) is 17.5. The number of aromatic amines is 1. The van der Waals surface area contributed by atoms with Gasteiger partial charge < -0.3 is 15.2 Å². The lowest BCUT2D eigenvalue weighted by Gasteiger charge is -2.32. The van der Waals surface area contributed by atoms with Gasteiger partial charge in [-0.2, -0.15) is 5.10 Å². The Labute approximate surface area is 129 Å². The summed E-state index contributed by atoms with van der Waals surface area (Å²) in [5.74, 6) is 0.143. The lowest BCUT2D eigenvalue weighted by Crippen LogP contribution is -2.39. The van der Waals surface area contributed by atoms with Crippen LogP contribution < -0.4 is 5.32 Å². The molecule has 0 radical (unpaired) electrons. The van der Waals surface area contributed by atoms with E-state index in [4.69, 9.17) is 0 Å². The molecule has 6 heteroatoms. The molecular weight excluding hydrogens is 278 g/mol. The summed E-state index contributed by atoms with van der Waals surface area (Å²) in [6, 6.07) is 0.417. The first-order valence-electron chi connectivity index (χ1n) is 7.92. The molecule has 0 spiro atoms. The van der Waals surface area contributed by atoms with Crippen molar-refractivity contribution in [3.63, 3.8) is 0 Å². The number of aryl methyl sites for hydroxylation is 1. The van der Waals surface area contributed by atoms with Gasteiger partial charge in [-0.25, -0.2) is 0 Å². The predicted molar refractivity (Wildman–Crippen MR) is 82.5 cm³/mol. The second-order valence-electron chi connectivity index (χ2n) is 6.24. The van der Waals surface area contributed by atoms with Gasteiger partial charge in [0, 0.05) is 44.1 Å². The van der Waals surface area contributed by atoms with E-state index in [0.717, 1.165) is 50.1 Å². The highest BCUT2D eigenvalue weighted by molar-refractivity contribution is 5.95. The van der Waals surface area contributed by atoms with E-state index in [1.165, 1.54) is 11.3 Å². The van der Waals surface area contributed by atoms with Crippen LogP contribution in [0.25, 0.3) is 0 Å². The number of fused-ring (bicyclic) bond motifs is 1. The van der Waals surface area contributed by atoms with Gasteiger partial charge in [0.25, 0.3) is 5.91 Å². The third kappa shape index (κ3) is 2.14. The van der Waals surface area contributed by atoms with Crippen molar-refractivity contribution < 1.29 is 4.79 Å². The van der Waals surface area contributed by atoms with Crippen LogP contribution in [0.5, 0.6) is 0 Å². The van der Waals surface area contributed by atoms with Gasteiger partial charge in [0.1, 0.15) is 0 Å². The Balaban J connectivity index is 1.44. The molecule has 6 nitrogen and oxygen atoms in total. The third-order valence-electron chi connectivity index (χ3n) is 4.87. The van der Waals surface area contributed by atoms with Gasteiger partial charge in [0.15, 0.2) is 0 Å². The second kappa shape index (κ2) is 5.28. The first kappa shape index (κ1) is 13.6. The summed E-state index contributed by atoms with van der Waals surface area (Å²) in [7, 11) is 0. The number of amides is 1. The minimum atomic E-state index is 0.143. The zero-order valence-corrected chi connectivity index (χ0v) is 12.8. The average Bonchev–Trinajstić information content (AvgIpc) is 3.23. The van der Waals surface area contributed by atoms with Crippen molar-refractivity contribution in [2.24, 2.45) is 0 Å². The van der Waals surface area contributed by atoms with E-state index in [1.807, 2.05) is 24.2 Å². The normalized spacial score (nSPS) is 18.7. The van der Waals surface area contributed by atoms with Crippen LogP contribution in [0.3, 0.4) is 0 Å². The fraction of sp³-hybridized carbons (Fsp3) is 0.500. The van der Waals surface area contributed by atoms with Crippen molar-refractivity contribution in [3.8, 4) is 0 Å². The fourth-order valence-electron chi connectivity index (χ4n) is 3.55. The molecule has 116 valence electrons. The number of hydrogen-bond donors (Lipinski definition) is 2. The van der Waals surface area contributed by atoms with Crippen LogP contribution in [0.4, 0.5) is 0 Å². The molecule has 1 fully saturated rings. The highest BCUT2D eigenvalue weighted by atomic mass is 16.2. The fourth-order valence-corrected chi connectivity index (χ4v) is 3.55. The maximum absolute atomic E-state index is 12.5. The van der Waals surface area contributed by atoms with Gasteiger partial charge >= 0.3 is 0 Å². The molecule has 0 atom stereocenters. The van der Waals surface area contributed by atoms with Crippen LogP contribution in [-0.2, 0) is 13.1 Å². The molecular formula is C16H21N5O. The Morgan fingerprint density at radius 1 is 1.27 bits per heavy atom. The van der Waals surface area contributed by atoms with Crippen LogP contribution in [0.2, 0.25) is 0 Å². The summed E-state index contributed by atoms with van der Waals surface area (Å²) in [6.07, 6.45) is 7.61. The number of hydrogen-bond acceptors (Lipinski definition) is 3. The molecule has 2 N–H and O–H groups in total. The smallest absolute Gasteiger partial charge is 0.255 e. The lowest BCUT2D eigenvalue weighted by molar-refractivity contribution is 0.0688. The van der Waals surface area contributed by atoms with Gasteiger partial charge in [-0.1, -0.05) is 0 Å². The van der Waals surface area contributed by atoms with Crippen molar-refractivity contribution in [1.82, 2.24) is 25.0 Å². The van der Waals surface area contributed by atoms with Crippen molar-refractivity contribution >= 4 is 5.91 Å². The number of likely N-dealkylation sites (tertiary alicyclic amines) is 1. The average molecular weight is 299 g/mol. The SMILES string of the molecule is Cc1c[nH]cc1C(=O)N1CCC(n2ncc3c2CNC3)CC1. The predicted octanol–water partition coefficient (Wildman–Crippen LogP) is 1.60. The van der Waals surface area contributed by atoms with E-state index < -0.39 is 0 Å². The molecule has 0 aromatic carbocycles. The molecule has 2 aliphatic rings. The number of rotatable bonds is 2. The Bertz CT molecular complexity index is 693. The Morgan fingerprint density at radius 3 is 2.82 bits per heavy atom. The van der Waals surface area contributed by atoms with Crippen LogP contribution in [-0.4, -0.2) is 38.7 Å². The molecule has 0 bridgehead atoms. The van der Waals surface area contributed by atoms with Crippen molar-refractivity contribution in [2.75, 3.05) is 13.1 Å². The minimum absolute atomic E-state index is 0.143. The number of aromatic nitrogens is 3. The van der Waals surface area contributed by atoms with Crippen molar-refractivity contribution in [3.05, 3.63) is 41.0 Å². The summed E-state index contributed by atoms with van der Waals surface area (Å²) in [5, 5.41) is 7.93. The zero-order valence-electron chi connectivity index (χ0n) is 12.8. The maximum Gasteiger partial charge on any atom is 0.255 e. The Kier molecular flexibility index (Phi) is 3.26. The molecule has 2 aromatic heterocycles. The Hall–Kier alpha value is -2.08. The Morgan fingerprint density at radius 2 is 2.09 bits per heavy atom. The second-order valence-corrected chi connectivity index (χ2v) is 6.24. The van der Waals surface area contributed by atoms with E-state index in [1.54, 1.807) is 6.20 Å². The molecule has 0 aliphatic carbocycles. The van der Waals surface area contributed by atoms with Gasteiger partial charge in [0.2, 0.25) is 0 Å². The first-order valence-corrected chi connectivity index (χ1v) is 7.92. The number of carbonyl (C=O) groups excluding carboxylic acids is 1. The van der Waals surface area contributed by atoms with Crippen LogP contribution in [0.1, 0.15) is 46.1 Å². The van der Waals surface area contributed by atoms with E-state index in [2.05, 4.69) is 20.1 Å². The molecule has 4 heterocycles. The van der Waals surface area contributed by atoms with Gasteiger partial charge in [-0.15, -0.1) is 0 Å². The van der Waals surface area contributed by atoms with Gasteiger partial charge in [0.05, 0.1) is 23.5 Å².